The molecule has 4 nitrogen and oxygen atoms in total. The van der Waals surface area contributed by atoms with Crippen LogP contribution in [0.15, 0.2) is 6.07 Å². The Labute approximate surface area is 110 Å². The van der Waals surface area contributed by atoms with E-state index in [1.807, 2.05) is 0 Å². The van der Waals surface area contributed by atoms with Crippen molar-refractivity contribution in [2.24, 2.45) is 0 Å². The Hall–Kier alpha value is -1.32. The summed E-state index contributed by atoms with van der Waals surface area (Å²) in [6, 6.07) is 1.80. The van der Waals surface area contributed by atoms with Crippen LogP contribution in [-0.4, -0.2) is 16.5 Å². The molecule has 0 saturated heterocycles. The maximum Gasteiger partial charge on any atom is 0.138 e. The highest BCUT2D eigenvalue weighted by molar-refractivity contribution is 5.45. The molecule has 1 aromatic rings. The van der Waals surface area contributed by atoms with Crippen molar-refractivity contribution in [2.75, 3.05) is 17.6 Å². The second kappa shape index (κ2) is 6.57. The Morgan fingerprint density at radius 2 is 1.89 bits per heavy atom. The Morgan fingerprint density at radius 3 is 2.50 bits per heavy atom. The summed E-state index contributed by atoms with van der Waals surface area (Å²) in [6.07, 6.45) is 4.98. The van der Waals surface area contributed by atoms with Crippen LogP contribution >= 0.6 is 0 Å². The van der Waals surface area contributed by atoms with Crippen molar-refractivity contribution in [2.45, 2.75) is 58.8 Å². The lowest BCUT2D eigenvalue weighted by Gasteiger charge is -2.18. The number of nitrogens with zero attached hydrogens (tertiary/aromatic N) is 2. The Morgan fingerprint density at radius 1 is 1.17 bits per heavy atom. The summed E-state index contributed by atoms with van der Waals surface area (Å²) >= 11 is 0. The third kappa shape index (κ3) is 4.90. The van der Waals surface area contributed by atoms with Gasteiger partial charge in [0.1, 0.15) is 17.5 Å². The van der Waals surface area contributed by atoms with Crippen molar-refractivity contribution in [3.63, 3.8) is 0 Å². The van der Waals surface area contributed by atoms with Crippen molar-refractivity contribution in [3.05, 3.63) is 11.9 Å². The zero-order valence-corrected chi connectivity index (χ0v) is 12.1. The van der Waals surface area contributed by atoms with E-state index >= 15 is 0 Å². The molecule has 18 heavy (non-hydrogen) atoms. The summed E-state index contributed by atoms with van der Waals surface area (Å²) in [4.78, 5) is 8.81. The van der Waals surface area contributed by atoms with E-state index in [2.05, 4.69) is 43.0 Å². The van der Waals surface area contributed by atoms with Gasteiger partial charge >= 0.3 is 0 Å². The first-order valence-corrected chi connectivity index (χ1v) is 6.82. The van der Waals surface area contributed by atoms with E-state index in [0.717, 1.165) is 18.2 Å². The maximum atomic E-state index is 5.82. The molecule has 1 aromatic heterocycles. The Balaban J connectivity index is 2.58. The zero-order valence-electron chi connectivity index (χ0n) is 12.1. The lowest BCUT2D eigenvalue weighted by Crippen LogP contribution is -2.18. The van der Waals surface area contributed by atoms with Gasteiger partial charge in [-0.15, -0.1) is 0 Å². The third-order valence-corrected chi connectivity index (χ3v) is 2.75. The van der Waals surface area contributed by atoms with Gasteiger partial charge in [0.2, 0.25) is 0 Å². The molecule has 0 spiro atoms. The van der Waals surface area contributed by atoms with E-state index in [4.69, 9.17) is 5.73 Å². The Bertz CT molecular complexity index is 369. The molecular formula is C14H26N4. The number of hydrogen-bond acceptors (Lipinski definition) is 4. The van der Waals surface area contributed by atoms with Crippen LogP contribution in [0.25, 0.3) is 0 Å². The first-order valence-electron chi connectivity index (χ1n) is 6.82. The second-order valence-electron chi connectivity index (χ2n) is 5.74. The second-order valence-corrected chi connectivity index (χ2v) is 5.74. The van der Waals surface area contributed by atoms with Gasteiger partial charge in [-0.05, 0) is 6.42 Å². The van der Waals surface area contributed by atoms with Crippen LogP contribution in [0.1, 0.15) is 59.2 Å². The van der Waals surface area contributed by atoms with Crippen LogP contribution < -0.4 is 11.1 Å². The fourth-order valence-corrected chi connectivity index (χ4v) is 1.66. The molecule has 0 aromatic carbocycles. The molecule has 0 aliphatic heterocycles. The fraction of sp³-hybridized carbons (Fsp3) is 0.714. The van der Waals surface area contributed by atoms with E-state index in [-0.39, 0.29) is 5.41 Å². The van der Waals surface area contributed by atoms with Crippen LogP contribution in [0.5, 0.6) is 0 Å². The summed E-state index contributed by atoms with van der Waals surface area (Å²) in [6.45, 7) is 9.43. The molecule has 0 amide bonds. The molecular weight excluding hydrogens is 224 g/mol. The molecule has 3 N–H and O–H groups in total. The number of nitrogen functional groups attached to an aromatic ring is 1. The van der Waals surface area contributed by atoms with Gasteiger partial charge in [0.25, 0.3) is 0 Å². The molecule has 4 heteroatoms. The minimum atomic E-state index is -0.0754. The molecule has 102 valence electrons. The summed E-state index contributed by atoms with van der Waals surface area (Å²) in [5.74, 6) is 2.16. The number of aromatic nitrogens is 2. The van der Waals surface area contributed by atoms with Crippen LogP contribution in [0.3, 0.4) is 0 Å². The van der Waals surface area contributed by atoms with Gasteiger partial charge in [-0.25, -0.2) is 9.97 Å². The standard InChI is InChI=1S/C14H26N4/c1-5-6-7-8-9-16-12-10-11(15)17-13(18-12)14(2,3)4/h10H,5-9H2,1-4H3,(H3,15,16,17,18). The monoisotopic (exact) mass is 250 g/mol. The number of hydrogen-bond donors (Lipinski definition) is 2. The highest BCUT2D eigenvalue weighted by atomic mass is 15.1. The molecule has 0 radical (unpaired) electrons. The number of rotatable bonds is 6. The number of nitrogens with one attached hydrogen (secondary N) is 1. The van der Waals surface area contributed by atoms with Gasteiger partial charge in [0.15, 0.2) is 0 Å². The van der Waals surface area contributed by atoms with E-state index < -0.39 is 0 Å². The SMILES string of the molecule is CCCCCCNc1cc(N)nc(C(C)(C)C)n1. The number of nitrogens with two attached hydrogens (primary N) is 1. The van der Waals surface area contributed by atoms with Crippen LogP contribution in [-0.2, 0) is 5.41 Å². The van der Waals surface area contributed by atoms with Crippen LogP contribution in [0, 0.1) is 0 Å². The quantitative estimate of drug-likeness (QED) is 0.760. The fourth-order valence-electron chi connectivity index (χ4n) is 1.66. The minimum Gasteiger partial charge on any atom is -0.384 e. The van der Waals surface area contributed by atoms with Crippen molar-refractivity contribution in [1.82, 2.24) is 9.97 Å². The van der Waals surface area contributed by atoms with Gasteiger partial charge in [0.05, 0.1) is 0 Å². The number of anilines is 2. The third-order valence-electron chi connectivity index (χ3n) is 2.75. The van der Waals surface area contributed by atoms with Gasteiger partial charge in [-0.2, -0.15) is 0 Å². The molecule has 0 atom stereocenters. The molecule has 1 heterocycles. The maximum absolute atomic E-state index is 5.82. The highest BCUT2D eigenvalue weighted by Gasteiger charge is 2.18. The van der Waals surface area contributed by atoms with E-state index in [1.54, 1.807) is 6.07 Å². The van der Waals surface area contributed by atoms with Crippen molar-refractivity contribution >= 4 is 11.6 Å². The Kier molecular flexibility index (Phi) is 5.38. The number of unbranched alkanes of at least 4 members (excludes halogenated alkanes) is 3. The topological polar surface area (TPSA) is 63.8 Å². The molecule has 0 saturated carbocycles. The lowest BCUT2D eigenvalue weighted by molar-refractivity contribution is 0.547. The van der Waals surface area contributed by atoms with Gasteiger partial charge < -0.3 is 11.1 Å². The van der Waals surface area contributed by atoms with Crippen LogP contribution in [0.4, 0.5) is 11.6 Å². The molecule has 0 aliphatic carbocycles. The molecule has 0 fully saturated rings. The summed E-state index contributed by atoms with van der Waals surface area (Å²) in [7, 11) is 0. The summed E-state index contributed by atoms with van der Waals surface area (Å²) in [5, 5.41) is 3.33. The average Bonchev–Trinajstić information content (AvgIpc) is 2.27. The normalized spacial score (nSPS) is 11.6. The molecule has 0 unspecified atom stereocenters. The predicted octanol–water partition coefficient (Wildman–Crippen LogP) is 3.35. The summed E-state index contributed by atoms with van der Waals surface area (Å²) in [5.41, 5.74) is 5.74. The molecule has 0 aliphatic rings. The molecule has 1 rings (SSSR count). The zero-order chi connectivity index (χ0) is 13.6. The van der Waals surface area contributed by atoms with E-state index in [1.165, 1.54) is 25.7 Å². The van der Waals surface area contributed by atoms with Gasteiger partial charge in [-0.3, -0.25) is 0 Å². The highest BCUT2D eigenvalue weighted by Crippen LogP contribution is 2.21. The molecule has 0 bridgehead atoms. The first kappa shape index (κ1) is 14.7. The average molecular weight is 250 g/mol. The summed E-state index contributed by atoms with van der Waals surface area (Å²) < 4.78 is 0. The van der Waals surface area contributed by atoms with Gasteiger partial charge in [0, 0.05) is 18.0 Å². The minimum absolute atomic E-state index is 0.0754. The van der Waals surface area contributed by atoms with Gasteiger partial charge in [-0.1, -0.05) is 47.0 Å². The van der Waals surface area contributed by atoms with Crippen molar-refractivity contribution in [1.29, 1.82) is 0 Å². The smallest absolute Gasteiger partial charge is 0.138 e. The first-order chi connectivity index (χ1) is 8.43. The van der Waals surface area contributed by atoms with Crippen molar-refractivity contribution in [3.8, 4) is 0 Å². The van der Waals surface area contributed by atoms with Crippen LogP contribution in [0.2, 0.25) is 0 Å². The lowest BCUT2D eigenvalue weighted by atomic mass is 9.96. The van der Waals surface area contributed by atoms with E-state index in [0.29, 0.717) is 5.82 Å². The predicted molar refractivity (Wildman–Crippen MR) is 77.8 cm³/mol. The largest absolute Gasteiger partial charge is 0.384 e. The van der Waals surface area contributed by atoms with E-state index in [9.17, 15) is 0 Å². The van der Waals surface area contributed by atoms with Crippen molar-refractivity contribution < 1.29 is 0 Å².